The van der Waals surface area contributed by atoms with Gasteiger partial charge in [-0.15, -0.1) is 0 Å². The molecule has 0 saturated heterocycles. The van der Waals surface area contributed by atoms with Crippen molar-refractivity contribution >= 4 is 11.9 Å². The maximum absolute atomic E-state index is 13.7. The van der Waals surface area contributed by atoms with Gasteiger partial charge in [-0.05, 0) is 143 Å². The maximum Gasteiger partial charge on any atom is 0.343 e. The second kappa shape index (κ2) is 23.1. The second-order valence-electron chi connectivity index (χ2n) is 16.1. The molecule has 8 aromatic rings. The minimum atomic E-state index is -0.716. The van der Waals surface area contributed by atoms with E-state index in [0.717, 1.165) is 22.3 Å². The lowest BCUT2D eigenvalue weighted by atomic mass is 10.1. The van der Waals surface area contributed by atoms with E-state index < -0.39 is 11.9 Å². The summed E-state index contributed by atoms with van der Waals surface area (Å²) in [6, 6.07) is 48.1. The third-order valence-corrected chi connectivity index (χ3v) is 10.8. The van der Waals surface area contributed by atoms with Crippen molar-refractivity contribution in [3.8, 4) is 63.2 Å². The average molecular weight is 957 g/mol. The molecule has 0 saturated carbocycles. The lowest BCUT2D eigenvalue weighted by Crippen LogP contribution is -2.10. The molecule has 0 amide bonds. The van der Waals surface area contributed by atoms with E-state index in [4.69, 9.17) is 37.9 Å². The summed E-state index contributed by atoms with van der Waals surface area (Å²) in [5, 5.41) is 39.1. The molecule has 0 aliphatic rings. The summed E-state index contributed by atoms with van der Waals surface area (Å²) in [6.07, 6.45) is 0. The smallest absolute Gasteiger partial charge is 0.343 e. The molecule has 14 heteroatoms. The Morgan fingerprint density at radius 3 is 1.03 bits per heavy atom. The molecule has 0 heterocycles. The van der Waals surface area contributed by atoms with Crippen LogP contribution in [-0.4, -0.2) is 39.5 Å². The zero-order valence-electron chi connectivity index (χ0n) is 38.4. The van der Waals surface area contributed by atoms with Crippen LogP contribution in [0.3, 0.4) is 0 Å². The van der Waals surface area contributed by atoms with Crippen LogP contribution in [0.2, 0.25) is 0 Å². The van der Waals surface area contributed by atoms with Gasteiger partial charge in [-0.3, -0.25) is 0 Å². The van der Waals surface area contributed by atoms with Gasteiger partial charge >= 0.3 is 11.9 Å². The highest BCUT2D eigenvalue weighted by Crippen LogP contribution is 2.34. The van der Waals surface area contributed by atoms with Crippen LogP contribution in [0.15, 0.2) is 176 Å². The Kier molecular flexibility index (Phi) is 15.7. The summed E-state index contributed by atoms with van der Waals surface area (Å²) < 4.78 is 47.9. The van der Waals surface area contributed by atoms with E-state index >= 15 is 0 Å². The minimum absolute atomic E-state index is 0.0358. The molecule has 0 atom stereocenters. The number of rotatable bonds is 21. The fourth-order valence-electron chi connectivity index (χ4n) is 6.89. The summed E-state index contributed by atoms with van der Waals surface area (Å²) in [4.78, 5) is 25.8. The molecule has 4 N–H and O–H groups in total. The number of phenolic OH excluding ortho intramolecular Hbond substituents is 4. The molecule has 14 nitrogen and oxygen atoms in total. The maximum atomic E-state index is 13.7. The number of benzene rings is 8. The number of hydrogen-bond donors (Lipinski definition) is 4. The highest BCUT2D eigenvalue weighted by Gasteiger charge is 2.17. The molecule has 0 aliphatic heterocycles. The van der Waals surface area contributed by atoms with E-state index in [-0.39, 0.29) is 91.0 Å². The summed E-state index contributed by atoms with van der Waals surface area (Å²) in [5.41, 5.74) is 5.11. The van der Waals surface area contributed by atoms with Crippen LogP contribution in [0.25, 0.3) is 0 Å². The first-order valence-electron chi connectivity index (χ1n) is 22.2. The number of hydrogen-bond acceptors (Lipinski definition) is 14. The van der Waals surface area contributed by atoms with Gasteiger partial charge < -0.3 is 58.3 Å². The van der Waals surface area contributed by atoms with E-state index in [1.165, 1.54) is 43.5 Å². The van der Waals surface area contributed by atoms with E-state index in [9.17, 15) is 30.0 Å². The van der Waals surface area contributed by atoms with Crippen molar-refractivity contribution in [3.05, 3.63) is 220 Å². The fraction of sp³-hybridized carbons (Fsp3) is 0.123. The van der Waals surface area contributed by atoms with Crippen molar-refractivity contribution in [2.75, 3.05) is 7.11 Å². The summed E-state index contributed by atoms with van der Waals surface area (Å²) in [5.74, 6) is 1.86. The van der Waals surface area contributed by atoms with Gasteiger partial charge in [-0.1, -0.05) is 60.7 Å². The number of phenols is 4. The Labute approximate surface area is 409 Å². The summed E-state index contributed by atoms with van der Waals surface area (Å²) in [6.45, 7) is 0.845. The molecule has 0 unspecified atom stereocenters. The van der Waals surface area contributed by atoms with Crippen LogP contribution >= 0.6 is 0 Å². The Morgan fingerprint density at radius 1 is 0.324 bits per heavy atom. The van der Waals surface area contributed by atoms with Gasteiger partial charge in [0.05, 0.1) is 18.2 Å². The summed E-state index contributed by atoms with van der Waals surface area (Å²) in [7, 11) is 1.28. The average Bonchev–Trinajstić information content (AvgIpc) is 3.39. The van der Waals surface area contributed by atoms with Gasteiger partial charge in [-0.2, -0.15) is 0 Å². The largest absolute Gasteiger partial charge is 0.508 e. The van der Waals surface area contributed by atoms with E-state index in [0.29, 0.717) is 34.1 Å². The van der Waals surface area contributed by atoms with Crippen LogP contribution in [0.1, 0.15) is 54.1 Å². The molecule has 8 rings (SSSR count). The van der Waals surface area contributed by atoms with Gasteiger partial charge in [0.25, 0.3) is 0 Å². The Balaban J connectivity index is 1.03. The second-order valence-corrected chi connectivity index (χ2v) is 16.1. The molecule has 0 spiro atoms. The number of esters is 2. The van der Waals surface area contributed by atoms with Crippen molar-refractivity contribution in [2.45, 2.75) is 39.6 Å². The molecule has 0 radical (unpaired) electrons. The number of methoxy groups -OCH3 is 1. The highest BCUT2D eigenvalue weighted by atomic mass is 16.5. The quantitative estimate of drug-likeness (QED) is 0.0393. The molecular weight excluding hydrogens is 909 g/mol. The standard InChI is InChI=1S/C57H48O14/c1-64-56(62)43-12-22-49(23-13-43)71-57(63)44-28-50(65-35-41-10-24-52(67-31-37-2-14-45(58)15-3-37)54(26-41)69-33-39-6-18-47(60)19-7-39)30-51(29-44)66-36-42-11-25-53(68-32-38-4-16-46(59)17-5-38)55(27-42)70-34-40-8-20-48(61)21-9-40/h2-30,58-61H,31-36H2,1H3. The number of carbonyl (C=O) groups excluding carboxylic acids is 2. The van der Waals surface area contributed by atoms with Crippen molar-refractivity contribution in [3.63, 3.8) is 0 Å². The van der Waals surface area contributed by atoms with Crippen molar-refractivity contribution in [2.24, 2.45) is 0 Å². The Hall–Kier alpha value is -9.30. The fourth-order valence-corrected chi connectivity index (χ4v) is 6.89. The Morgan fingerprint density at radius 2 is 0.662 bits per heavy atom. The molecule has 0 bridgehead atoms. The van der Waals surface area contributed by atoms with Crippen molar-refractivity contribution < 1.29 is 67.9 Å². The minimum Gasteiger partial charge on any atom is -0.508 e. The third-order valence-electron chi connectivity index (χ3n) is 10.8. The molecule has 8 aromatic carbocycles. The Bertz CT molecular complexity index is 2880. The number of ether oxygens (including phenoxy) is 8. The topological polar surface area (TPSA) is 189 Å². The number of carbonyl (C=O) groups is 2. The monoisotopic (exact) mass is 956 g/mol. The lowest BCUT2D eigenvalue weighted by Gasteiger charge is -2.16. The van der Waals surface area contributed by atoms with Gasteiger partial charge in [0.15, 0.2) is 23.0 Å². The van der Waals surface area contributed by atoms with Crippen molar-refractivity contribution in [1.29, 1.82) is 0 Å². The SMILES string of the molecule is COC(=O)c1ccc(OC(=O)c2cc(OCc3ccc(OCc4ccc(O)cc4)c(OCc4ccc(O)cc4)c3)cc(OCc3ccc(OCc4ccc(O)cc4)c(OCc4ccc(O)cc4)c3)c2)cc1. The van der Waals surface area contributed by atoms with Crippen molar-refractivity contribution in [1.82, 2.24) is 0 Å². The normalized spacial score (nSPS) is 10.7. The number of aromatic hydroxyl groups is 4. The van der Waals surface area contributed by atoms with Gasteiger partial charge in [0, 0.05) is 6.07 Å². The van der Waals surface area contributed by atoms with E-state index in [1.54, 1.807) is 127 Å². The molecule has 0 fully saturated rings. The first-order chi connectivity index (χ1) is 34.5. The first kappa shape index (κ1) is 48.2. The first-order valence-corrected chi connectivity index (χ1v) is 22.2. The molecule has 360 valence electrons. The van der Waals surface area contributed by atoms with E-state index in [1.807, 2.05) is 12.1 Å². The molecule has 0 aromatic heterocycles. The van der Waals surface area contributed by atoms with Crippen LogP contribution in [0.4, 0.5) is 0 Å². The lowest BCUT2D eigenvalue weighted by molar-refractivity contribution is 0.0600. The zero-order chi connectivity index (χ0) is 49.5. The van der Waals surface area contributed by atoms with E-state index in [2.05, 4.69) is 0 Å². The van der Waals surface area contributed by atoms with Crippen LogP contribution in [0.5, 0.6) is 63.2 Å². The van der Waals surface area contributed by atoms with Gasteiger partial charge in [0.1, 0.15) is 79.9 Å². The molecular formula is C57H48O14. The summed E-state index contributed by atoms with van der Waals surface area (Å²) >= 11 is 0. The third kappa shape index (κ3) is 13.9. The van der Waals surface area contributed by atoms with Crippen LogP contribution < -0.4 is 33.2 Å². The predicted molar refractivity (Wildman–Crippen MR) is 260 cm³/mol. The zero-order valence-corrected chi connectivity index (χ0v) is 38.4. The van der Waals surface area contributed by atoms with Crippen LogP contribution in [-0.2, 0) is 44.4 Å². The predicted octanol–water partition coefficient (Wildman–Crippen LogP) is 11.0. The molecule has 0 aliphatic carbocycles. The van der Waals surface area contributed by atoms with Crippen LogP contribution in [0, 0.1) is 0 Å². The van der Waals surface area contributed by atoms with Gasteiger partial charge in [-0.25, -0.2) is 9.59 Å². The molecule has 71 heavy (non-hydrogen) atoms. The van der Waals surface area contributed by atoms with Gasteiger partial charge in [0.2, 0.25) is 0 Å². The highest BCUT2D eigenvalue weighted by molar-refractivity contribution is 5.92.